The van der Waals surface area contributed by atoms with Gasteiger partial charge in [0.15, 0.2) is 0 Å². The average molecular weight is 634 g/mol. The molecule has 4 heterocycles. The number of nitrogens with one attached hydrogen (secondary N) is 4. The van der Waals surface area contributed by atoms with Crippen molar-refractivity contribution in [2.75, 3.05) is 7.11 Å². The number of nitrogens with zero attached hydrogens (tertiary/aromatic N) is 3. The van der Waals surface area contributed by atoms with E-state index in [1.54, 1.807) is 0 Å². The number of carbonyl (C=O) groups is 2. The Hall–Kier alpha value is -4.44. The first-order valence-corrected chi connectivity index (χ1v) is 17.1. The number of hydrogen-bond acceptors (Lipinski definition) is 6. The van der Waals surface area contributed by atoms with E-state index >= 15 is 0 Å². The minimum atomic E-state index is -0.651. The van der Waals surface area contributed by atoms with Crippen LogP contribution in [0.1, 0.15) is 76.1 Å². The van der Waals surface area contributed by atoms with Crippen molar-refractivity contribution in [3.05, 3.63) is 72.6 Å². The van der Waals surface area contributed by atoms with Crippen LogP contribution in [0.3, 0.4) is 0 Å². The van der Waals surface area contributed by atoms with Crippen molar-refractivity contribution in [2.24, 2.45) is 17.8 Å². The fraction of sp³-hybridized carbons (Fsp3) is 0.459. The number of likely N-dealkylation sites (tertiary alicyclic amines) is 1. The van der Waals surface area contributed by atoms with E-state index in [4.69, 9.17) is 14.7 Å². The Balaban J connectivity index is 0.963. The van der Waals surface area contributed by atoms with Crippen molar-refractivity contribution in [1.29, 1.82) is 0 Å². The third-order valence-electron chi connectivity index (χ3n) is 11.1. The quantitative estimate of drug-likeness (QED) is 0.178. The zero-order valence-corrected chi connectivity index (χ0v) is 27.2. The lowest BCUT2D eigenvalue weighted by Crippen LogP contribution is -2.54. The number of ether oxygens (including phenoxy) is 1. The molecule has 0 unspecified atom stereocenters. The van der Waals surface area contributed by atoms with Crippen molar-refractivity contribution < 1.29 is 14.3 Å². The molecule has 2 aliphatic carbocycles. The number of fused-ring (bicyclic) bond motifs is 4. The highest BCUT2D eigenvalue weighted by Gasteiger charge is 2.51. The van der Waals surface area contributed by atoms with E-state index in [1.807, 2.05) is 31.1 Å². The molecule has 2 saturated carbocycles. The van der Waals surface area contributed by atoms with Gasteiger partial charge in [0, 0.05) is 12.1 Å². The zero-order valence-electron chi connectivity index (χ0n) is 27.2. The number of imidazole rings is 2. The topological polar surface area (TPSA) is 128 Å². The lowest BCUT2D eigenvalue weighted by atomic mass is 9.95. The molecule has 4 bridgehead atoms. The van der Waals surface area contributed by atoms with E-state index in [0.717, 1.165) is 64.6 Å². The number of carbonyl (C=O) groups excluding carboxylic acids is 2. The number of piperidine rings is 2. The van der Waals surface area contributed by atoms with Crippen molar-refractivity contribution in [3.63, 3.8) is 0 Å². The molecule has 2 aromatic carbocycles. The van der Waals surface area contributed by atoms with Gasteiger partial charge in [0.2, 0.25) is 5.91 Å². The SMILES string of the molecule is COC(=O)N[C@H](C(=O)N1[C@@H]2CC[C@@H](C2)[C@H]1c1ncc(-c2ccc(-c3ccc(-c4cnc([C@H]5N[C@@H]6CC[C@H]5C6)[nH]4)cc3)cc2)[nH]1)C(C)C. The van der Waals surface area contributed by atoms with Crippen molar-refractivity contribution in [3.8, 4) is 33.6 Å². The summed E-state index contributed by atoms with van der Waals surface area (Å²) in [5.41, 5.74) is 6.43. The molecule has 0 radical (unpaired) electrons. The second-order valence-corrected chi connectivity index (χ2v) is 14.2. The Morgan fingerprint density at radius 2 is 1.40 bits per heavy atom. The molecule has 0 spiro atoms. The molecule has 7 atom stereocenters. The van der Waals surface area contributed by atoms with Gasteiger partial charge in [0.05, 0.1) is 43.0 Å². The van der Waals surface area contributed by atoms with Gasteiger partial charge in [-0.2, -0.15) is 0 Å². The van der Waals surface area contributed by atoms with E-state index in [1.165, 1.54) is 26.4 Å². The van der Waals surface area contributed by atoms with Gasteiger partial charge in [-0.05, 0) is 78.5 Å². The largest absolute Gasteiger partial charge is 0.453 e. The average Bonchev–Trinajstić information content (AvgIpc) is 3.95. The van der Waals surface area contributed by atoms with Gasteiger partial charge in [0.25, 0.3) is 0 Å². The van der Waals surface area contributed by atoms with Crippen molar-refractivity contribution >= 4 is 12.0 Å². The molecule has 2 aliphatic heterocycles. The first-order valence-electron chi connectivity index (χ1n) is 17.1. The van der Waals surface area contributed by atoms with Gasteiger partial charge in [0.1, 0.15) is 17.7 Å². The van der Waals surface area contributed by atoms with Crippen LogP contribution in [-0.4, -0.2) is 62.1 Å². The second-order valence-electron chi connectivity index (χ2n) is 14.2. The first-order chi connectivity index (χ1) is 22.9. The van der Waals surface area contributed by atoms with E-state index in [0.29, 0.717) is 23.9 Å². The second kappa shape index (κ2) is 12.0. The third-order valence-corrected chi connectivity index (χ3v) is 11.1. The van der Waals surface area contributed by atoms with Crippen LogP contribution >= 0.6 is 0 Å². The number of alkyl carbamates (subject to hydrolysis) is 1. The van der Waals surface area contributed by atoms with E-state index in [2.05, 4.69) is 69.1 Å². The fourth-order valence-electron chi connectivity index (χ4n) is 8.64. The van der Waals surface area contributed by atoms with Gasteiger partial charge in [-0.25, -0.2) is 14.8 Å². The van der Waals surface area contributed by atoms with Crippen LogP contribution in [0.2, 0.25) is 0 Å². The third kappa shape index (κ3) is 5.42. The fourth-order valence-corrected chi connectivity index (χ4v) is 8.64. The van der Waals surface area contributed by atoms with Crippen LogP contribution in [0.4, 0.5) is 4.79 Å². The standard InChI is InChI=1S/C37H43N7O3/c1-20(2)31(43-37(46)47-3)36(45)44-28-15-13-26(17-28)33(44)35-39-19-30(42-35)24-10-6-22(7-11-24)21-4-8-23(9-5-21)29-18-38-34(41-29)32-25-12-14-27(16-25)40-32/h4-11,18-20,25-28,31-33,40H,12-17H2,1-3H3,(H,38,41)(H,39,42)(H,43,46)/t25-,26-,27+,28+,31-,32-,33-/m0/s1. The summed E-state index contributed by atoms with van der Waals surface area (Å²) >= 11 is 0. The lowest BCUT2D eigenvalue weighted by molar-refractivity contribution is -0.139. The minimum absolute atomic E-state index is 0.0680. The highest BCUT2D eigenvalue weighted by Crippen LogP contribution is 2.50. The smallest absolute Gasteiger partial charge is 0.407 e. The number of methoxy groups -OCH3 is 1. The summed E-state index contributed by atoms with van der Waals surface area (Å²) < 4.78 is 4.81. The zero-order chi connectivity index (χ0) is 32.2. The first kappa shape index (κ1) is 29.9. The molecule has 2 saturated heterocycles. The molecule has 2 aromatic heterocycles. The van der Waals surface area contributed by atoms with Gasteiger partial charge in [-0.1, -0.05) is 62.4 Å². The molecule has 4 aliphatic rings. The maximum atomic E-state index is 13.8. The summed E-state index contributed by atoms with van der Waals surface area (Å²) in [6.07, 6.45) is 10.1. The molecule has 10 nitrogen and oxygen atoms in total. The van der Waals surface area contributed by atoms with Gasteiger partial charge < -0.3 is 30.2 Å². The summed E-state index contributed by atoms with van der Waals surface area (Å²) in [7, 11) is 1.32. The Kier molecular flexibility index (Phi) is 7.63. The molecule has 47 heavy (non-hydrogen) atoms. The Morgan fingerprint density at radius 3 is 1.98 bits per heavy atom. The number of benzene rings is 2. The normalized spacial score (nSPS) is 26.7. The summed E-state index contributed by atoms with van der Waals surface area (Å²) in [5, 5.41) is 6.49. The number of H-pyrrole nitrogens is 2. The number of amides is 2. The molecule has 8 rings (SSSR count). The molecule has 244 valence electrons. The highest BCUT2D eigenvalue weighted by atomic mass is 16.5. The number of aromatic nitrogens is 4. The van der Waals surface area contributed by atoms with Gasteiger partial charge in [-0.15, -0.1) is 0 Å². The maximum absolute atomic E-state index is 13.8. The van der Waals surface area contributed by atoms with Gasteiger partial charge in [-0.3, -0.25) is 4.79 Å². The van der Waals surface area contributed by atoms with Crippen LogP contribution in [-0.2, 0) is 9.53 Å². The molecule has 2 amide bonds. The number of hydrogen-bond donors (Lipinski definition) is 4. The van der Waals surface area contributed by atoms with Crippen LogP contribution in [0, 0.1) is 17.8 Å². The van der Waals surface area contributed by atoms with Crippen LogP contribution in [0.5, 0.6) is 0 Å². The van der Waals surface area contributed by atoms with Gasteiger partial charge >= 0.3 is 6.09 Å². The number of aromatic amines is 2. The summed E-state index contributed by atoms with van der Waals surface area (Å²) in [6, 6.07) is 17.5. The molecule has 4 N–H and O–H groups in total. The Labute approximate surface area is 275 Å². The molecular formula is C37H43N7O3. The van der Waals surface area contributed by atoms with Crippen molar-refractivity contribution in [1.82, 2.24) is 35.5 Å². The Bertz CT molecular complexity index is 1760. The Morgan fingerprint density at radius 1 is 0.809 bits per heavy atom. The summed E-state index contributed by atoms with van der Waals surface area (Å²) in [5.74, 6) is 2.77. The van der Waals surface area contributed by atoms with E-state index in [-0.39, 0.29) is 23.9 Å². The molecule has 10 heteroatoms. The highest BCUT2D eigenvalue weighted by molar-refractivity contribution is 5.87. The lowest BCUT2D eigenvalue weighted by Gasteiger charge is -2.37. The van der Waals surface area contributed by atoms with Crippen LogP contribution in [0.15, 0.2) is 60.9 Å². The van der Waals surface area contributed by atoms with Crippen LogP contribution < -0.4 is 10.6 Å². The van der Waals surface area contributed by atoms with Crippen LogP contribution in [0.25, 0.3) is 33.6 Å². The predicted octanol–water partition coefficient (Wildman–Crippen LogP) is 6.38. The number of rotatable bonds is 8. The van der Waals surface area contributed by atoms with E-state index in [9.17, 15) is 9.59 Å². The monoisotopic (exact) mass is 633 g/mol. The molecule has 4 aromatic rings. The predicted molar refractivity (Wildman–Crippen MR) is 179 cm³/mol. The van der Waals surface area contributed by atoms with Crippen molar-refractivity contribution in [2.45, 2.75) is 82.6 Å². The summed E-state index contributed by atoms with van der Waals surface area (Å²) in [4.78, 5) is 44.5. The minimum Gasteiger partial charge on any atom is -0.453 e. The van der Waals surface area contributed by atoms with E-state index < -0.39 is 12.1 Å². The maximum Gasteiger partial charge on any atom is 0.407 e. The summed E-state index contributed by atoms with van der Waals surface area (Å²) in [6.45, 7) is 3.88. The molecule has 4 fully saturated rings. The molecular weight excluding hydrogens is 590 g/mol.